The van der Waals surface area contributed by atoms with Crippen LogP contribution >= 0.6 is 0 Å². The van der Waals surface area contributed by atoms with Crippen LogP contribution in [0, 0.1) is 0 Å². The summed E-state index contributed by atoms with van der Waals surface area (Å²) in [5.41, 5.74) is 2.30. The van der Waals surface area contributed by atoms with Gasteiger partial charge < -0.3 is 9.13 Å². The van der Waals surface area contributed by atoms with Crippen molar-refractivity contribution in [1.29, 1.82) is 0 Å². The molecule has 0 radical (unpaired) electrons. The van der Waals surface area contributed by atoms with Crippen molar-refractivity contribution in [3.8, 4) is 0 Å². The number of aromatic nitrogens is 3. The molecular weight excluding hydrogens is 174 g/mol. The standard InChI is InChI=1S/C11H11N3/c1-13-5-3-8-7-12-11-9(10(8)13)4-6-14(11)2/h3-7H,1-2H3. The van der Waals surface area contributed by atoms with Crippen LogP contribution in [0.5, 0.6) is 0 Å². The van der Waals surface area contributed by atoms with Crippen LogP contribution < -0.4 is 0 Å². The maximum absolute atomic E-state index is 4.43. The van der Waals surface area contributed by atoms with E-state index in [0.717, 1.165) is 5.65 Å². The minimum absolute atomic E-state index is 1.04. The van der Waals surface area contributed by atoms with Crippen molar-refractivity contribution in [2.24, 2.45) is 14.1 Å². The normalized spacial score (nSPS) is 11.6. The molecule has 3 aromatic rings. The summed E-state index contributed by atoms with van der Waals surface area (Å²) in [5.74, 6) is 0. The predicted octanol–water partition coefficient (Wildman–Crippen LogP) is 2.06. The fourth-order valence-corrected chi connectivity index (χ4v) is 2.00. The van der Waals surface area contributed by atoms with Crippen molar-refractivity contribution in [2.75, 3.05) is 0 Å². The molecule has 14 heavy (non-hydrogen) atoms. The summed E-state index contributed by atoms with van der Waals surface area (Å²) in [5, 5.41) is 2.42. The molecule has 0 atom stereocenters. The summed E-state index contributed by atoms with van der Waals surface area (Å²) in [6.45, 7) is 0. The molecule has 0 bridgehead atoms. The first-order valence-electron chi connectivity index (χ1n) is 4.62. The van der Waals surface area contributed by atoms with Crippen LogP contribution in [0.2, 0.25) is 0 Å². The molecule has 3 rings (SSSR count). The van der Waals surface area contributed by atoms with Crippen molar-refractivity contribution >= 4 is 21.9 Å². The van der Waals surface area contributed by atoms with Gasteiger partial charge in [0.05, 0.1) is 5.52 Å². The van der Waals surface area contributed by atoms with Crippen LogP contribution in [0.15, 0.2) is 30.7 Å². The second kappa shape index (κ2) is 2.38. The molecule has 3 nitrogen and oxygen atoms in total. The fourth-order valence-electron chi connectivity index (χ4n) is 2.00. The van der Waals surface area contributed by atoms with Crippen molar-refractivity contribution in [2.45, 2.75) is 0 Å². The Morgan fingerprint density at radius 2 is 1.86 bits per heavy atom. The number of hydrogen-bond donors (Lipinski definition) is 0. The van der Waals surface area contributed by atoms with Gasteiger partial charge in [0.2, 0.25) is 0 Å². The first kappa shape index (κ1) is 7.62. The highest BCUT2D eigenvalue weighted by Crippen LogP contribution is 2.23. The highest BCUT2D eigenvalue weighted by Gasteiger charge is 2.06. The topological polar surface area (TPSA) is 22.8 Å². The molecule has 0 N–H and O–H groups in total. The quantitative estimate of drug-likeness (QED) is 0.525. The maximum Gasteiger partial charge on any atom is 0.141 e. The molecule has 0 unspecified atom stereocenters. The van der Waals surface area contributed by atoms with E-state index in [1.54, 1.807) is 0 Å². The first-order chi connectivity index (χ1) is 6.77. The van der Waals surface area contributed by atoms with Gasteiger partial charge in [0.1, 0.15) is 5.65 Å². The highest BCUT2D eigenvalue weighted by molar-refractivity contribution is 6.02. The van der Waals surface area contributed by atoms with Crippen molar-refractivity contribution in [3.63, 3.8) is 0 Å². The van der Waals surface area contributed by atoms with E-state index in [9.17, 15) is 0 Å². The smallest absolute Gasteiger partial charge is 0.141 e. The summed E-state index contributed by atoms with van der Waals surface area (Å²) in [6, 6.07) is 4.21. The Balaban J connectivity index is 2.66. The van der Waals surface area contributed by atoms with E-state index in [-0.39, 0.29) is 0 Å². The van der Waals surface area contributed by atoms with Crippen LogP contribution in [0.4, 0.5) is 0 Å². The molecule has 3 aromatic heterocycles. The molecule has 70 valence electrons. The summed E-state index contributed by atoms with van der Waals surface area (Å²) in [7, 11) is 4.08. The third-order valence-corrected chi connectivity index (χ3v) is 2.72. The molecule has 0 spiro atoms. The Bertz CT molecular complexity index is 616. The number of pyridine rings is 1. The Labute approximate surface area is 81.6 Å². The predicted molar refractivity (Wildman–Crippen MR) is 57.2 cm³/mol. The van der Waals surface area contributed by atoms with E-state index in [1.807, 2.05) is 24.0 Å². The van der Waals surface area contributed by atoms with Gasteiger partial charge in [0, 0.05) is 43.5 Å². The van der Waals surface area contributed by atoms with E-state index >= 15 is 0 Å². The van der Waals surface area contributed by atoms with Gasteiger partial charge in [-0.15, -0.1) is 0 Å². The van der Waals surface area contributed by atoms with Gasteiger partial charge in [-0.05, 0) is 12.1 Å². The first-order valence-corrected chi connectivity index (χ1v) is 4.62. The molecule has 0 aliphatic carbocycles. The fraction of sp³-hybridized carbons (Fsp3) is 0.182. The zero-order valence-electron chi connectivity index (χ0n) is 8.23. The molecule has 0 aliphatic rings. The number of aryl methyl sites for hydroxylation is 2. The van der Waals surface area contributed by atoms with Gasteiger partial charge in [0.25, 0.3) is 0 Å². The van der Waals surface area contributed by atoms with Crippen molar-refractivity contribution < 1.29 is 0 Å². The van der Waals surface area contributed by atoms with Crippen LogP contribution in [0.3, 0.4) is 0 Å². The van der Waals surface area contributed by atoms with E-state index in [0.29, 0.717) is 0 Å². The Morgan fingerprint density at radius 1 is 1.07 bits per heavy atom. The van der Waals surface area contributed by atoms with Gasteiger partial charge >= 0.3 is 0 Å². The molecule has 3 heterocycles. The second-order valence-electron chi connectivity index (χ2n) is 3.65. The Hall–Kier alpha value is -1.77. The summed E-state index contributed by atoms with van der Waals surface area (Å²) >= 11 is 0. The zero-order valence-corrected chi connectivity index (χ0v) is 8.23. The lowest BCUT2D eigenvalue weighted by molar-refractivity contribution is 0.947. The molecule has 0 amide bonds. The monoisotopic (exact) mass is 185 g/mol. The van der Waals surface area contributed by atoms with Gasteiger partial charge in [-0.25, -0.2) is 4.98 Å². The number of rotatable bonds is 0. The lowest BCUT2D eigenvalue weighted by atomic mass is 10.2. The summed E-state index contributed by atoms with van der Waals surface area (Å²) < 4.78 is 4.18. The van der Waals surface area contributed by atoms with Gasteiger partial charge in [-0.1, -0.05) is 0 Å². The Kier molecular flexibility index (Phi) is 1.29. The van der Waals surface area contributed by atoms with Crippen LogP contribution in [0.1, 0.15) is 0 Å². The lowest BCUT2D eigenvalue weighted by Crippen LogP contribution is -1.89. The number of hydrogen-bond acceptors (Lipinski definition) is 1. The molecule has 0 fully saturated rings. The third-order valence-electron chi connectivity index (χ3n) is 2.72. The molecule has 0 saturated heterocycles. The number of fused-ring (bicyclic) bond motifs is 3. The van der Waals surface area contributed by atoms with Crippen molar-refractivity contribution in [3.05, 3.63) is 30.7 Å². The molecule has 0 aliphatic heterocycles. The van der Waals surface area contributed by atoms with E-state index in [4.69, 9.17) is 0 Å². The van der Waals surface area contributed by atoms with E-state index < -0.39 is 0 Å². The molecule has 0 saturated carbocycles. The number of nitrogens with zero attached hydrogens (tertiary/aromatic N) is 3. The zero-order chi connectivity index (χ0) is 9.71. The molecule has 0 aromatic carbocycles. The van der Waals surface area contributed by atoms with Crippen LogP contribution in [-0.4, -0.2) is 14.1 Å². The van der Waals surface area contributed by atoms with E-state index in [1.165, 1.54) is 16.3 Å². The molecular formula is C11H11N3. The average molecular weight is 185 g/mol. The average Bonchev–Trinajstić information content (AvgIpc) is 2.72. The maximum atomic E-state index is 4.43. The second-order valence-corrected chi connectivity index (χ2v) is 3.65. The SMILES string of the molecule is Cn1ccc2c1ncc1ccn(C)c12. The van der Waals surface area contributed by atoms with Crippen LogP contribution in [-0.2, 0) is 14.1 Å². The minimum atomic E-state index is 1.04. The summed E-state index contributed by atoms with van der Waals surface area (Å²) in [4.78, 5) is 4.43. The van der Waals surface area contributed by atoms with Gasteiger partial charge in [0.15, 0.2) is 0 Å². The largest absolute Gasteiger partial charge is 0.350 e. The minimum Gasteiger partial charge on any atom is -0.350 e. The van der Waals surface area contributed by atoms with E-state index in [2.05, 4.69) is 34.9 Å². The van der Waals surface area contributed by atoms with Gasteiger partial charge in [-0.3, -0.25) is 0 Å². The molecule has 3 heteroatoms. The highest BCUT2D eigenvalue weighted by atomic mass is 15.0. The van der Waals surface area contributed by atoms with Crippen molar-refractivity contribution in [1.82, 2.24) is 14.1 Å². The summed E-state index contributed by atoms with van der Waals surface area (Å²) in [6.07, 6.45) is 6.04. The van der Waals surface area contributed by atoms with Crippen LogP contribution in [0.25, 0.3) is 21.9 Å². The Morgan fingerprint density at radius 3 is 2.71 bits per heavy atom. The lowest BCUT2D eigenvalue weighted by Gasteiger charge is -1.99. The third kappa shape index (κ3) is 0.789. The van der Waals surface area contributed by atoms with Gasteiger partial charge in [-0.2, -0.15) is 0 Å².